The van der Waals surface area contributed by atoms with E-state index in [-0.39, 0.29) is 18.7 Å². The molecule has 154 valence electrons. The molecular weight excluding hydrogens is 399 g/mol. The van der Waals surface area contributed by atoms with Gasteiger partial charge in [0.2, 0.25) is 5.91 Å². The van der Waals surface area contributed by atoms with Crippen molar-refractivity contribution in [2.45, 2.75) is 20.8 Å². The number of nitrogens with one attached hydrogen (secondary N) is 1. The van der Waals surface area contributed by atoms with Crippen LogP contribution in [0.2, 0.25) is 5.02 Å². The average Bonchev–Trinajstić information content (AvgIpc) is 2.68. The molecule has 2 aromatic rings. The van der Waals surface area contributed by atoms with Gasteiger partial charge in [0.15, 0.2) is 6.61 Å². The molecule has 1 N–H and O–H groups in total. The molecule has 2 aromatic carbocycles. The number of likely N-dealkylation sites (N-methyl/N-ethyl adjacent to an activating group) is 1. The molecule has 0 aromatic heterocycles. The van der Waals surface area contributed by atoms with Crippen LogP contribution in [0.1, 0.15) is 28.4 Å². The lowest BCUT2D eigenvalue weighted by Gasteiger charge is -2.20. The van der Waals surface area contributed by atoms with Crippen molar-refractivity contribution < 1.29 is 23.5 Å². The second kappa shape index (κ2) is 10.0. The van der Waals surface area contributed by atoms with Gasteiger partial charge in [-0.15, -0.1) is 0 Å². The van der Waals surface area contributed by atoms with E-state index in [1.807, 2.05) is 6.92 Å². The van der Waals surface area contributed by atoms with Crippen molar-refractivity contribution in [1.82, 2.24) is 4.90 Å². The number of amides is 2. The third kappa shape index (κ3) is 6.29. The molecular formula is C21H22ClFN2O4. The molecule has 29 heavy (non-hydrogen) atoms. The second-order valence-electron chi connectivity index (χ2n) is 6.46. The number of hydrogen-bond acceptors (Lipinski definition) is 4. The first-order valence-electron chi connectivity index (χ1n) is 8.98. The van der Waals surface area contributed by atoms with Crippen LogP contribution >= 0.6 is 11.6 Å². The molecule has 0 heterocycles. The number of aryl methyl sites for hydroxylation is 2. The van der Waals surface area contributed by atoms with Gasteiger partial charge in [-0.1, -0.05) is 23.7 Å². The molecule has 0 atom stereocenters. The van der Waals surface area contributed by atoms with E-state index in [0.717, 1.165) is 11.6 Å². The maximum absolute atomic E-state index is 13.6. The quantitative estimate of drug-likeness (QED) is 0.692. The maximum atomic E-state index is 13.6. The number of carbonyl (C=O) groups is 3. The molecule has 0 aliphatic heterocycles. The summed E-state index contributed by atoms with van der Waals surface area (Å²) in [5.41, 5.74) is 1.80. The van der Waals surface area contributed by atoms with Crippen molar-refractivity contribution in [3.8, 4) is 0 Å². The highest BCUT2D eigenvalue weighted by molar-refractivity contribution is 6.31. The van der Waals surface area contributed by atoms with Gasteiger partial charge in [0.05, 0.1) is 12.1 Å². The van der Waals surface area contributed by atoms with Gasteiger partial charge in [0.25, 0.3) is 5.91 Å². The average molecular weight is 421 g/mol. The molecule has 8 heteroatoms. The van der Waals surface area contributed by atoms with E-state index in [4.69, 9.17) is 16.3 Å². The SMILES string of the molecule is CCN(CC(=O)Nc1cc(Cl)ccc1C)C(=O)COC(=O)c1ccc(C)c(F)c1. The van der Waals surface area contributed by atoms with Crippen LogP contribution in [0.3, 0.4) is 0 Å². The van der Waals surface area contributed by atoms with Crippen LogP contribution in [0.4, 0.5) is 10.1 Å². The Morgan fingerprint density at radius 3 is 2.45 bits per heavy atom. The van der Waals surface area contributed by atoms with Crippen molar-refractivity contribution >= 4 is 35.1 Å². The summed E-state index contributed by atoms with van der Waals surface area (Å²) in [6, 6.07) is 9.03. The molecule has 0 saturated heterocycles. The molecule has 0 bridgehead atoms. The summed E-state index contributed by atoms with van der Waals surface area (Å²) in [6.45, 7) is 4.58. The summed E-state index contributed by atoms with van der Waals surface area (Å²) in [4.78, 5) is 37.8. The van der Waals surface area contributed by atoms with Gasteiger partial charge in [-0.2, -0.15) is 0 Å². The number of carbonyl (C=O) groups excluding carboxylic acids is 3. The topological polar surface area (TPSA) is 75.7 Å². The third-order valence-corrected chi connectivity index (χ3v) is 4.51. The van der Waals surface area contributed by atoms with Crippen LogP contribution in [0.5, 0.6) is 0 Å². The minimum absolute atomic E-state index is 0.0122. The Morgan fingerprint density at radius 2 is 1.79 bits per heavy atom. The number of halogens is 2. The molecule has 0 aliphatic carbocycles. The molecule has 0 unspecified atom stereocenters. The highest BCUT2D eigenvalue weighted by atomic mass is 35.5. The Bertz CT molecular complexity index is 933. The van der Waals surface area contributed by atoms with Gasteiger partial charge in [-0.05, 0) is 56.2 Å². The number of ether oxygens (including phenoxy) is 1. The molecule has 0 spiro atoms. The Kier molecular flexibility index (Phi) is 7.73. The van der Waals surface area contributed by atoms with E-state index in [2.05, 4.69) is 5.32 Å². The van der Waals surface area contributed by atoms with Crippen molar-refractivity contribution in [1.29, 1.82) is 0 Å². The largest absolute Gasteiger partial charge is 0.452 e. The summed E-state index contributed by atoms with van der Waals surface area (Å²) < 4.78 is 18.5. The number of esters is 1. The van der Waals surface area contributed by atoms with Crippen LogP contribution < -0.4 is 5.32 Å². The van der Waals surface area contributed by atoms with Gasteiger partial charge in [-0.25, -0.2) is 9.18 Å². The van der Waals surface area contributed by atoms with E-state index < -0.39 is 30.2 Å². The summed E-state index contributed by atoms with van der Waals surface area (Å²) in [5, 5.41) is 3.19. The smallest absolute Gasteiger partial charge is 0.338 e. The van der Waals surface area contributed by atoms with Crippen LogP contribution in [0, 0.1) is 19.7 Å². The maximum Gasteiger partial charge on any atom is 0.338 e. The Hall–Kier alpha value is -2.93. The standard InChI is InChI=1S/C21H22ClFN2O4/c1-4-25(11-19(26)24-18-10-16(22)8-6-14(18)3)20(27)12-29-21(28)15-7-5-13(2)17(23)9-15/h5-10H,4,11-12H2,1-3H3,(H,24,26). The number of rotatable bonds is 7. The number of nitrogens with zero attached hydrogens (tertiary/aromatic N) is 1. The van der Waals surface area contributed by atoms with E-state index in [1.165, 1.54) is 17.0 Å². The molecule has 2 amide bonds. The summed E-state index contributed by atoms with van der Waals surface area (Å²) in [6.07, 6.45) is 0. The summed E-state index contributed by atoms with van der Waals surface area (Å²) in [7, 11) is 0. The molecule has 6 nitrogen and oxygen atoms in total. The fraction of sp³-hybridized carbons (Fsp3) is 0.286. The van der Waals surface area contributed by atoms with Gasteiger partial charge >= 0.3 is 5.97 Å². The van der Waals surface area contributed by atoms with Gasteiger partial charge < -0.3 is 15.0 Å². The van der Waals surface area contributed by atoms with Crippen LogP contribution in [-0.4, -0.2) is 42.4 Å². The molecule has 2 rings (SSSR count). The first-order valence-corrected chi connectivity index (χ1v) is 9.36. The Balaban J connectivity index is 1.92. The zero-order valence-corrected chi connectivity index (χ0v) is 17.2. The van der Waals surface area contributed by atoms with Crippen LogP contribution in [-0.2, 0) is 14.3 Å². The highest BCUT2D eigenvalue weighted by Crippen LogP contribution is 2.20. The minimum atomic E-state index is -0.813. The number of benzene rings is 2. The number of anilines is 1. The molecule has 0 aliphatic rings. The number of hydrogen-bond donors (Lipinski definition) is 1. The Labute approximate surface area is 173 Å². The molecule has 0 radical (unpaired) electrons. The second-order valence-corrected chi connectivity index (χ2v) is 6.89. The first-order chi connectivity index (χ1) is 13.7. The lowest BCUT2D eigenvalue weighted by Crippen LogP contribution is -2.40. The van der Waals surface area contributed by atoms with Crippen molar-refractivity contribution in [2.24, 2.45) is 0 Å². The van der Waals surface area contributed by atoms with Crippen molar-refractivity contribution in [3.63, 3.8) is 0 Å². The highest BCUT2D eigenvalue weighted by Gasteiger charge is 2.19. The normalized spacial score (nSPS) is 10.4. The van der Waals surface area contributed by atoms with Crippen LogP contribution in [0.15, 0.2) is 36.4 Å². The third-order valence-electron chi connectivity index (χ3n) is 4.28. The zero-order chi connectivity index (χ0) is 21.6. The van der Waals surface area contributed by atoms with Gasteiger partial charge in [0.1, 0.15) is 5.82 Å². The Morgan fingerprint density at radius 1 is 1.10 bits per heavy atom. The lowest BCUT2D eigenvalue weighted by atomic mass is 10.1. The van der Waals surface area contributed by atoms with Gasteiger partial charge in [-0.3, -0.25) is 9.59 Å². The predicted molar refractivity (Wildman–Crippen MR) is 108 cm³/mol. The fourth-order valence-corrected chi connectivity index (χ4v) is 2.66. The summed E-state index contributed by atoms with van der Waals surface area (Å²) >= 11 is 5.94. The fourth-order valence-electron chi connectivity index (χ4n) is 2.49. The molecule has 0 saturated carbocycles. The minimum Gasteiger partial charge on any atom is -0.452 e. The van der Waals surface area contributed by atoms with E-state index in [9.17, 15) is 18.8 Å². The van der Waals surface area contributed by atoms with Crippen LogP contribution in [0.25, 0.3) is 0 Å². The first kappa shape index (κ1) is 22.4. The zero-order valence-electron chi connectivity index (χ0n) is 16.4. The van der Waals surface area contributed by atoms with Gasteiger partial charge in [0, 0.05) is 17.3 Å². The molecule has 0 fully saturated rings. The van der Waals surface area contributed by atoms with E-state index in [1.54, 1.807) is 32.0 Å². The van der Waals surface area contributed by atoms with E-state index in [0.29, 0.717) is 16.3 Å². The van der Waals surface area contributed by atoms with E-state index >= 15 is 0 Å². The monoisotopic (exact) mass is 420 g/mol. The van der Waals surface area contributed by atoms with Crippen molar-refractivity contribution in [2.75, 3.05) is 25.0 Å². The summed E-state index contributed by atoms with van der Waals surface area (Å²) in [5.74, 6) is -2.29. The van der Waals surface area contributed by atoms with Crippen molar-refractivity contribution in [3.05, 3.63) is 63.9 Å². The predicted octanol–water partition coefficient (Wildman–Crippen LogP) is 3.74. The lowest BCUT2D eigenvalue weighted by molar-refractivity contribution is -0.137.